The molecule has 0 saturated heterocycles. The fourth-order valence-electron chi connectivity index (χ4n) is 1.67. The lowest BCUT2D eigenvalue weighted by Gasteiger charge is -2.12. The second-order valence-electron chi connectivity index (χ2n) is 3.93. The fraction of sp³-hybridized carbons (Fsp3) is 0.231. The van der Waals surface area contributed by atoms with Gasteiger partial charge in [-0.15, -0.1) is 0 Å². The number of anilines is 2. The van der Waals surface area contributed by atoms with Crippen LogP contribution in [0, 0.1) is 6.92 Å². The number of aromatic nitrogens is 2. The first-order valence-electron chi connectivity index (χ1n) is 5.64. The van der Waals surface area contributed by atoms with Crippen LogP contribution < -0.4 is 5.32 Å². The van der Waals surface area contributed by atoms with E-state index in [1.807, 2.05) is 32.0 Å². The molecule has 0 fully saturated rings. The Morgan fingerprint density at radius 3 is 2.83 bits per heavy atom. The van der Waals surface area contributed by atoms with Crippen LogP contribution in [0.15, 0.2) is 29.0 Å². The van der Waals surface area contributed by atoms with Crippen molar-refractivity contribution in [3.63, 3.8) is 0 Å². The van der Waals surface area contributed by atoms with Crippen molar-refractivity contribution >= 4 is 39.0 Å². The molecule has 0 aliphatic rings. The monoisotopic (exact) mass is 325 g/mol. The normalized spacial score (nSPS) is 10.4. The first-order valence-corrected chi connectivity index (χ1v) is 6.81. The highest BCUT2D eigenvalue weighted by molar-refractivity contribution is 9.10. The van der Waals surface area contributed by atoms with E-state index in [1.54, 1.807) is 0 Å². The summed E-state index contributed by atoms with van der Waals surface area (Å²) in [6, 6.07) is 6.07. The van der Waals surface area contributed by atoms with E-state index < -0.39 is 0 Å². The van der Waals surface area contributed by atoms with Crippen molar-refractivity contribution in [2.24, 2.45) is 0 Å². The Kier molecular flexibility index (Phi) is 4.19. The van der Waals surface area contributed by atoms with Crippen LogP contribution in [-0.2, 0) is 6.42 Å². The van der Waals surface area contributed by atoms with Crippen molar-refractivity contribution in [3.05, 3.63) is 45.3 Å². The van der Waals surface area contributed by atoms with Gasteiger partial charge in [0.05, 0.1) is 0 Å². The predicted octanol–water partition coefficient (Wildman–Crippen LogP) is 4.51. The molecule has 94 valence electrons. The topological polar surface area (TPSA) is 37.8 Å². The molecular formula is C13H13BrClN3. The molecular weight excluding hydrogens is 314 g/mol. The summed E-state index contributed by atoms with van der Waals surface area (Å²) in [4.78, 5) is 8.25. The van der Waals surface area contributed by atoms with Crippen molar-refractivity contribution in [2.45, 2.75) is 20.3 Å². The van der Waals surface area contributed by atoms with Crippen LogP contribution in [0.2, 0.25) is 5.15 Å². The van der Waals surface area contributed by atoms with Crippen LogP contribution in [0.4, 0.5) is 11.5 Å². The van der Waals surface area contributed by atoms with Gasteiger partial charge in [0.25, 0.3) is 0 Å². The second kappa shape index (κ2) is 5.67. The summed E-state index contributed by atoms with van der Waals surface area (Å²) in [6.45, 7) is 4.08. The molecule has 0 aliphatic carbocycles. The Morgan fingerprint density at radius 1 is 1.33 bits per heavy atom. The summed E-state index contributed by atoms with van der Waals surface area (Å²) in [5.74, 6) is 0.763. The van der Waals surface area contributed by atoms with Crippen molar-refractivity contribution in [2.75, 3.05) is 5.32 Å². The van der Waals surface area contributed by atoms with Crippen LogP contribution in [0.25, 0.3) is 0 Å². The highest BCUT2D eigenvalue weighted by atomic mass is 79.9. The van der Waals surface area contributed by atoms with Gasteiger partial charge >= 0.3 is 0 Å². The van der Waals surface area contributed by atoms with Gasteiger partial charge in [0.15, 0.2) is 0 Å². The maximum Gasteiger partial charge on any atom is 0.138 e. The van der Waals surface area contributed by atoms with Gasteiger partial charge in [-0.1, -0.05) is 40.5 Å². The molecule has 0 saturated carbocycles. The Hall–Kier alpha value is -1.13. The Labute approximate surface area is 120 Å². The summed E-state index contributed by atoms with van der Waals surface area (Å²) >= 11 is 9.53. The average molecular weight is 327 g/mol. The molecule has 0 bridgehead atoms. The first-order chi connectivity index (χ1) is 8.61. The standard InChI is InChI=1S/C13H13BrClN3/c1-3-10-12(15)16-7-17-13(10)18-11-6-9(14)5-4-8(11)2/h4-7H,3H2,1-2H3,(H,16,17,18). The van der Waals surface area contributed by atoms with Crippen molar-refractivity contribution in [1.29, 1.82) is 0 Å². The molecule has 1 N–H and O–H groups in total. The summed E-state index contributed by atoms with van der Waals surface area (Å²) in [6.07, 6.45) is 2.26. The number of hydrogen-bond donors (Lipinski definition) is 1. The number of halogens is 2. The molecule has 0 atom stereocenters. The van der Waals surface area contributed by atoms with Gasteiger partial charge in [-0.2, -0.15) is 0 Å². The Morgan fingerprint density at radius 2 is 2.11 bits per heavy atom. The minimum Gasteiger partial charge on any atom is -0.340 e. The van der Waals surface area contributed by atoms with Crippen LogP contribution in [-0.4, -0.2) is 9.97 Å². The van der Waals surface area contributed by atoms with Crippen LogP contribution >= 0.6 is 27.5 Å². The number of benzene rings is 1. The van der Waals surface area contributed by atoms with E-state index >= 15 is 0 Å². The quantitative estimate of drug-likeness (QED) is 0.843. The van der Waals surface area contributed by atoms with Gasteiger partial charge in [-0.05, 0) is 31.0 Å². The van der Waals surface area contributed by atoms with E-state index in [4.69, 9.17) is 11.6 Å². The summed E-state index contributed by atoms with van der Waals surface area (Å²) < 4.78 is 1.02. The van der Waals surface area contributed by atoms with E-state index in [0.29, 0.717) is 5.15 Å². The molecule has 1 aromatic carbocycles. The molecule has 2 aromatic rings. The molecule has 0 amide bonds. The Bertz CT molecular complexity index is 572. The van der Waals surface area contributed by atoms with E-state index in [0.717, 1.165) is 33.5 Å². The lowest BCUT2D eigenvalue weighted by molar-refractivity contribution is 1.05. The fourth-order valence-corrected chi connectivity index (χ4v) is 2.30. The highest BCUT2D eigenvalue weighted by Crippen LogP contribution is 2.27. The number of nitrogens with one attached hydrogen (secondary N) is 1. The van der Waals surface area contributed by atoms with E-state index in [9.17, 15) is 0 Å². The van der Waals surface area contributed by atoms with E-state index in [1.165, 1.54) is 6.33 Å². The summed E-state index contributed by atoms with van der Waals surface area (Å²) in [5, 5.41) is 3.81. The zero-order valence-corrected chi connectivity index (χ0v) is 12.5. The second-order valence-corrected chi connectivity index (χ2v) is 5.20. The van der Waals surface area contributed by atoms with Gasteiger partial charge in [-0.3, -0.25) is 0 Å². The van der Waals surface area contributed by atoms with E-state index in [2.05, 4.69) is 31.2 Å². The summed E-state index contributed by atoms with van der Waals surface area (Å²) in [7, 11) is 0. The molecule has 5 heteroatoms. The van der Waals surface area contributed by atoms with Gasteiger partial charge in [0.1, 0.15) is 17.3 Å². The van der Waals surface area contributed by atoms with Gasteiger partial charge in [0.2, 0.25) is 0 Å². The smallest absolute Gasteiger partial charge is 0.138 e. The van der Waals surface area contributed by atoms with Gasteiger partial charge < -0.3 is 5.32 Å². The summed E-state index contributed by atoms with van der Waals surface area (Å²) in [5.41, 5.74) is 3.09. The molecule has 3 nitrogen and oxygen atoms in total. The minimum absolute atomic E-state index is 0.502. The van der Waals surface area contributed by atoms with Crippen molar-refractivity contribution in [1.82, 2.24) is 9.97 Å². The third kappa shape index (κ3) is 2.82. The van der Waals surface area contributed by atoms with Crippen LogP contribution in [0.5, 0.6) is 0 Å². The van der Waals surface area contributed by atoms with E-state index in [-0.39, 0.29) is 0 Å². The van der Waals surface area contributed by atoms with Gasteiger partial charge in [0, 0.05) is 15.7 Å². The molecule has 0 unspecified atom stereocenters. The number of nitrogens with zero attached hydrogens (tertiary/aromatic N) is 2. The molecule has 1 aromatic heterocycles. The lowest BCUT2D eigenvalue weighted by atomic mass is 10.2. The van der Waals surface area contributed by atoms with Crippen LogP contribution in [0.3, 0.4) is 0 Å². The highest BCUT2D eigenvalue weighted by Gasteiger charge is 2.09. The Balaban J connectivity index is 2.40. The van der Waals surface area contributed by atoms with Crippen LogP contribution in [0.1, 0.15) is 18.1 Å². The molecule has 18 heavy (non-hydrogen) atoms. The minimum atomic E-state index is 0.502. The number of rotatable bonds is 3. The zero-order chi connectivity index (χ0) is 13.1. The lowest BCUT2D eigenvalue weighted by Crippen LogP contribution is -2.01. The van der Waals surface area contributed by atoms with Crippen molar-refractivity contribution in [3.8, 4) is 0 Å². The first kappa shape index (κ1) is 13.3. The molecule has 1 heterocycles. The van der Waals surface area contributed by atoms with Gasteiger partial charge in [-0.25, -0.2) is 9.97 Å². The maximum absolute atomic E-state index is 6.07. The molecule has 0 aliphatic heterocycles. The number of aryl methyl sites for hydroxylation is 1. The molecule has 2 rings (SSSR count). The third-order valence-electron chi connectivity index (χ3n) is 2.70. The SMILES string of the molecule is CCc1c(Cl)ncnc1Nc1cc(Br)ccc1C. The number of hydrogen-bond acceptors (Lipinski definition) is 3. The van der Waals surface area contributed by atoms with Crippen molar-refractivity contribution < 1.29 is 0 Å². The third-order valence-corrected chi connectivity index (χ3v) is 3.52. The zero-order valence-electron chi connectivity index (χ0n) is 10.2. The molecule has 0 spiro atoms. The predicted molar refractivity (Wildman–Crippen MR) is 78.6 cm³/mol. The largest absolute Gasteiger partial charge is 0.340 e. The maximum atomic E-state index is 6.07. The molecule has 0 radical (unpaired) electrons. The average Bonchev–Trinajstić information content (AvgIpc) is 2.34.